The Morgan fingerprint density at radius 2 is 1.92 bits per heavy atom. The number of nitriles is 1. The first-order valence-corrected chi connectivity index (χ1v) is 7.59. The van der Waals surface area contributed by atoms with Gasteiger partial charge in [-0.25, -0.2) is 4.39 Å². The fraction of sp³-hybridized carbons (Fsp3) is 0.167. The van der Waals surface area contributed by atoms with Gasteiger partial charge in [0.1, 0.15) is 17.4 Å². The van der Waals surface area contributed by atoms with E-state index >= 15 is 0 Å². The summed E-state index contributed by atoms with van der Waals surface area (Å²) in [5, 5.41) is 17.2. The number of anilines is 2. The van der Waals surface area contributed by atoms with Crippen molar-refractivity contribution in [1.82, 2.24) is 5.32 Å². The van der Waals surface area contributed by atoms with Gasteiger partial charge in [0.25, 0.3) is 5.91 Å². The van der Waals surface area contributed by atoms with Gasteiger partial charge in [0, 0.05) is 31.3 Å². The lowest BCUT2D eigenvalue weighted by Gasteiger charge is -2.10. The van der Waals surface area contributed by atoms with Crippen LogP contribution in [0.5, 0.6) is 0 Å². The van der Waals surface area contributed by atoms with Gasteiger partial charge < -0.3 is 16.0 Å². The maximum Gasteiger partial charge on any atom is 0.251 e. The van der Waals surface area contributed by atoms with Crippen LogP contribution in [0.1, 0.15) is 22.8 Å². The Balaban J connectivity index is 1.88. The minimum atomic E-state index is -0.591. The van der Waals surface area contributed by atoms with Crippen molar-refractivity contribution in [1.29, 1.82) is 5.26 Å². The van der Waals surface area contributed by atoms with Crippen LogP contribution in [0.4, 0.5) is 15.8 Å². The molecule has 6 nitrogen and oxygen atoms in total. The maximum absolute atomic E-state index is 13.5. The summed E-state index contributed by atoms with van der Waals surface area (Å²) in [5.41, 5.74) is 1.27. The molecule has 7 heteroatoms. The summed E-state index contributed by atoms with van der Waals surface area (Å²) in [6.07, 6.45) is 0. The number of carbonyl (C=O) groups is 2. The van der Waals surface area contributed by atoms with Gasteiger partial charge in [-0.1, -0.05) is 12.1 Å². The fourth-order valence-electron chi connectivity index (χ4n) is 2.20. The van der Waals surface area contributed by atoms with E-state index in [2.05, 4.69) is 16.0 Å². The van der Waals surface area contributed by atoms with Crippen molar-refractivity contribution < 1.29 is 14.0 Å². The highest BCUT2D eigenvalue weighted by Crippen LogP contribution is 2.17. The lowest BCUT2D eigenvalue weighted by atomic mass is 10.2. The third kappa shape index (κ3) is 5.04. The van der Waals surface area contributed by atoms with Crippen molar-refractivity contribution in [3.8, 4) is 6.07 Å². The van der Waals surface area contributed by atoms with Crippen molar-refractivity contribution in [2.45, 2.75) is 6.92 Å². The van der Waals surface area contributed by atoms with E-state index in [9.17, 15) is 14.0 Å². The van der Waals surface area contributed by atoms with Gasteiger partial charge in [-0.15, -0.1) is 0 Å². The first-order chi connectivity index (χ1) is 12.0. The van der Waals surface area contributed by atoms with Crippen LogP contribution in [-0.4, -0.2) is 24.9 Å². The van der Waals surface area contributed by atoms with Crippen LogP contribution in [0.15, 0.2) is 42.5 Å². The number of nitrogens with one attached hydrogen (secondary N) is 3. The van der Waals surface area contributed by atoms with Crippen LogP contribution in [0, 0.1) is 17.1 Å². The third-order valence-electron chi connectivity index (χ3n) is 3.30. The average Bonchev–Trinajstić information content (AvgIpc) is 2.58. The van der Waals surface area contributed by atoms with Gasteiger partial charge in [0.2, 0.25) is 5.91 Å². The number of benzene rings is 2. The van der Waals surface area contributed by atoms with Crippen LogP contribution < -0.4 is 16.0 Å². The summed E-state index contributed by atoms with van der Waals surface area (Å²) in [5.74, 6) is -1.11. The molecule has 0 heterocycles. The molecule has 2 amide bonds. The molecule has 2 aromatic rings. The van der Waals surface area contributed by atoms with Gasteiger partial charge >= 0.3 is 0 Å². The highest BCUT2D eigenvalue weighted by atomic mass is 19.1. The molecule has 0 aliphatic rings. The molecule has 0 bridgehead atoms. The van der Waals surface area contributed by atoms with Gasteiger partial charge in [-0.2, -0.15) is 5.26 Å². The first kappa shape index (κ1) is 17.9. The Labute approximate surface area is 144 Å². The minimum absolute atomic E-state index is 0.0585. The molecule has 2 aromatic carbocycles. The molecule has 0 fully saturated rings. The lowest BCUT2D eigenvalue weighted by Crippen LogP contribution is -2.29. The summed E-state index contributed by atoms with van der Waals surface area (Å²) in [6, 6.07) is 12.7. The van der Waals surface area contributed by atoms with Crippen molar-refractivity contribution in [2.24, 2.45) is 0 Å². The molecule has 0 unspecified atom stereocenters. The van der Waals surface area contributed by atoms with Gasteiger partial charge in [-0.3, -0.25) is 9.59 Å². The van der Waals surface area contributed by atoms with E-state index in [1.54, 1.807) is 36.4 Å². The topological polar surface area (TPSA) is 94.0 Å². The SMILES string of the molecule is CC(=O)Nc1cccc(C(=O)NCCNc2cccc(F)c2C#N)c1. The molecule has 0 radical (unpaired) electrons. The summed E-state index contributed by atoms with van der Waals surface area (Å²) in [4.78, 5) is 23.2. The zero-order chi connectivity index (χ0) is 18.2. The highest BCUT2D eigenvalue weighted by molar-refractivity contribution is 5.96. The van der Waals surface area contributed by atoms with E-state index in [4.69, 9.17) is 5.26 Å². The van der Waals surface area contributed by atoms with Crippen LogP contribution in [0.3, 0.4) is 0 Å². The summed E-state index contributed by atoms with van der Waals surface area (Å²) in [6.45, 7) is 2.00. The molecular weight excluding hydrogens is 323 g/mol. The Bertz CT molecular complexity index is 830. The third-order valence-corrected chi connectivity index (χ3v) is 3.30. The number of hydrogen-bond donors (Lipinski definition) is 3. The highest BCUT2D eigenvalue weighted by Gasteiger charge is 2.08. The lowest BCUT2D eigenvalue weighted by molar-refractivity contribution is -0.114. The van der Waals surface area contributed by atoms with Crippen LogP contribution in [-0.2, 0) is 4.79 Å². The number of carbonyl (C=O) groups excluding carboxylic acids is 2. The predicted molar refractivity (Wildman–Crippen MR) is 92.7 cm³/mol. The maximum atomic E-state index is 13.5. The molecule has 0 aliphatic carbocycles. The zero-order valence-electron chi connectivity index (χ0n) is 13.6. The molecule has 25 heavy (non-hydrogen) atoms. The van der Waals surface area contributed by atoms with E-state index in [0.29, 0.717) is 23.5 Å². The molecule has 128 valence electrons. The van der Waals surface area contributed by atoms with Crippen molar-refractivity contribution in [3.63, 3.8) is 0 Å². The molecular formula is C18H17FN4O2. The normalized spacial score (nSPS) is 9.80. The molecule has 0 aliphatic heterocycles. The monoisotopic (exact) mass is 340 g/mol. The summed E-state index contributed by atoms with van der Waals surface area (Å²) in [7, 11) is 0. The number of rotatable bonds is 6. The van der Waals surface area contributed by atoms with E-state index in [1.807, 2.05) is 0 Å². The number of halogens is 1. The quantitative estimate of drug-likeness (QED) is 0.704. The average molecular weight is 340 g/mol. The number of nitrogens with zero attached hydrogens (tertiary/aromatic N) is 1. The van der Waals surface area contributed by atoms with Crippen molar-refractivity contribution in [3.05, 3.63) is 59.4 Å². The zero-order valence-corrected chi connectivity index (χ0v) is 13.6. The molecule has 0 aromatic heterocycles. The minimum Gasteiger partial charge on any atom is -0.382 e. The second-order valence-electron chi connectivity index (χ2n) is 5.22. The smallest absolute Gasteiger partial charge is 0.251 e. The predicted octanol–water partition coefficient (Wildman–Crippen LogP) is 2.50. The van der Waals surface area contributed by atoms with Crippen molar-refractivity contribution in [2.75, 3.05) is 23.7 Å². The van der Waals surface area contributed by atoms with Crippen LogP contribution in [0.2, 0.25) is 0 Å². The molecule has 3 N–H and O–H groups in total. The summed E-state index contributed by atoms with van der Waals surface area (Å²) < 4.78 is 13.5. The Hall–Kier alpha value is -3.40. The molecule has 2 rings (SSSR count). The Kier molecular flexibility index (Phi) is 6.07. The van der Waals surface area contributed by atoms with Gasteiger partial charge in [0.15, 0.2) is 0 Å². The Morgan fingerprint density at radius 3 is 2.64 bits per heavy atom. The van der Waals surface area contributed by atoms with Crippen LogP contribution in [0.25, 0.3) is 0 Å². The Morgan fingerprint density at radius 1 is 1.16 bits per heavy atom. The summed E-state index contributed by atoms with van der Waals surface area (Å²) >= 11 is 0. The second kappa shape index (κ2) is 8.45. The van der Waals surface area contributed by atoms with Gasteiger partial charge in [0.05, 0.1) is 5.69 Å². The van der Waals surface area contributed by atoms with E-state index < -0.39 is 5.82 Å². The van der Waals surface area contributed by atoms with E-state index in [-0.39, 0.29) is 23.9 Å². The van der Waals surface area contributed by atoms with E-state index in [1.165, 1.54) is 19.1 Å². The fourth-order valence-corrected chi connectivity index (χ4v) is 2.20. The van der Waals surface area contributed by atoms with Crippen molar-refractivity contribution >= 4 is 23.2 Å². The standard InChI is InChI=1S/C18H17FN4O2/c1-12(24)23-14-5-2-4-13(10-14)18(25)22-9-8-21-17-7-3-6-16(19)15(17)11-20/h2-7,10,21H,8-9H2,1H3,(H,22,25)(H,23,24). The number of amides is 2. The largest absolute Gasteiger partial charge is 0.382 e. The molecule has 0 saturated carbocycles. The first-order valence-electron chi connectivity index (χ1n) is 7.59. The molecule has 0 spiro atoms. The van der Waals surface area contributed by atoms with E-state index in [0.717, 1.165) is 0 Å². The van der Waals surface area contributed by atoms with Crippen LogP contribution >= 0.6 is 0 Å². The van der Waals surface area contributed by atoms with Gasteiger partial charge in [-0.05, 0) is 30.3 Å². The molecule has 0 saturated heterocycles. The second-order valence-corrected chi connectivity index (χ2v) is 5.22. The molecule has 0 atom stereocenters. The number of hydrogen-bond acceptors (Lipinski definition) is 4.